The molecule has 0 aliphatic carbocycles. The molecule has 0 aromatic carbocycles. The number of aromatic nitrogens is 2. The summed E-state index contributed by atoms with van der Waals surface area (Å²) in [5, 5.41) is 8.16. The van der Waals surface area contributed by atoms with Gasteiger partial charge in [0.2, 0.25) is 7.98 Å². The normalized spacial score (nSPS) is 15.4. The Morgan fingerprint density at radius 3 is 2.75 bits per heavy atom. The highest BCUT2D eigenvalue weighted by atomic mass is 16.2. The van der Waals surface area contributed by atoms with Crippen LogP contribution in [-0.4, -0.2) is 28.9 Å². The van der Waals surface area contributed by atoms with Gasteiger partial charge in [0.15, 0.2) is 5.69 Å². The lowest BCUT2D eigenvalue weighted by Crippen LogP contribution is -2.20. The maximum absolute atomic E-state index is 11.6. The fourth-order valence-corrected chi connectivity index (χ4v) is 1.92. The molecule has 1 aromatic rings. The molecule has 0 unspecified atom stereocenters. The first kappa shape index (κ1) is 11.1. The van der Waals surface area contributed by atoms with Crippen LogP contribution >= 0.6 is 0 Å². The average molecular weight is 217 g/mol. The molecular weight excluding hydrogens is 201 g/mol. The summed E-state index contributed by atoms with van der Waals surface area (Å²) in [7, 11) is 1.79. The smallest absolute Gasteiger partial charge is 0.262 e. The highest BCUT2D eigenvalue weighted by molar-refractivity contribution is 6.19. The number of rotatable bonds is 1. The number of carbonyl (C=O) groups excluding carboxylic acids is 1. The maximum atomic E-state index is 11.6. The first-order valence-corrected chi connectivity index (χ1v) is 5.48. The lowest BCUT2D eigenvalue weighted by Gasteiger charge is -2.16. The Bertz CT molecular complexity index is 439. The van der Waals surface area contributed by atoms with Crippen molar-refractivity contribution in [3.63, 3.8) is 0 Å². The second-order valence-electron chi connectivity index (χ2n) is 5.61. The summed E-state index contributed by atoms with van der Waals surface area (Å²) < 4.78 is 0. The number of fused-ring (bicyclic) bond motifs is 1. The van der Waals surface area contributed by atoms with Crippen LogP contribution in [0.3, 0.4) is 0 Å². The van der Waals surface area contributed by atoms with Crippen LogP contribution < -0.4 is 0 Å². The topological polar surface area (TPSA) is 46.1 Å². The molecule has 0 saturated heterocycles. The summed E-state index contributed by atoms with van der Waals surface area (Å²) in [6.45, 7) is 7.15. The van der Waals surface area contributed by atoms with Gasteiger partial charge in [-0.1, -0.05) is 20.8 Å². The molecule has 16 heavy (non-hydrogen) atoms. The van der Waals surface area contributed by atoms with Gasteiger partial charge in [0, 0.05) is 12.1 Å². The number of hydrogen-bond acceptors (Lipinski definition) is 3. The van der Waals surface area contributed by atoms with Crippen LogP contribution in [0.15, 0.2) is 6.07 Å². The van der Waals surface area contributed by atoms with E-state index in [4.69, 9.17) is 0 Å². The van der Waals surface area contributed by atoms with Crippen molar-refractivity contribution in [1.82, 2.24) is 15.0 Å². The van der Waals surface area contributed by atoms with E-state index >= 15 is 0 Å². The number of carbonyl (C=O) groups is 1. The average Bonchev–Trinajstić information content (AvgIpc) is 2.40. The van der Waals surface area contributed by atoms with Crippen molar-refractivity contribution in [2.75, 3.05) is 0 Å². The van der Waals surface area contributed by atoms with Crippen LogP contribution in [0.25, 0.3) is 0 Å². The molecule has 0 bridgehead atoms. The van der Waals surface area contributed by atoms with Crippen molar-refractivity contribution in [3.8, 4) is 0 Å². The van der Waals surface area contributed by atoms with E-state index in [0.29, 0.717) is 12.2 Å². The largest absolute Gasteiger partial charge is 0.384 e. The summed E-state index contributed by atoms with van der Waals surface area (Å²) in [5.41, 5.74) is 2.67. The van der Waals surface area contributed by atoms with Crippen molar-refractivity contribution in [2.24, 2.45) is 5.41 Å². The first-order chi connectivity index (χ1) is 7.37. The Morgan fingerprint density at radius 2 is 2.12 bits per heavy atom. The number of amides is 1. The lowest BCUT2D eigenvalue weighted by atomic mass is 9.90. The van der Waals surface area contributed by atoms with E-state index < -0.39 is 0 Å². The van der Waals surface area contributed by atoms with Gasteiger partial charge in [-0.15, -0.1) is 5.10 Å². The Kier molecular flexibility index (Phi) is 2.48. The molecule has 0 atom stereocenters. The molecule has 4 nitrogen and oxygen atoms in total. The van der Waals surface area contributed by atoms with E-state index in [-0.39, 0.29) is 11.3 Å². The monoisotopic (exact) mass is 217 g/mol. The Balaban J connectivity index is 2.29. The zero-order chi connectivity index (χ0) is 11.9. The van der Waals surface area contributed by atoms with Crippen LogP contribution in [0, 0.1) is 5.41 Å². The molecule has 0 N–H and O–H groups in total. The fraction of sp³-hybridized carbons (Fsp3) is 0.545. The highest BCUT2D eigenvalue weighted by Crippen LogP contribution is 2.23. The maximum Gasteiger partial charge on any atom is 0.262 e. The molecule has 1 amide bonds. The third kappa shape index (κ3) is 2.08. The van der Waals surface area contributed by atoms with Crippen LogP contribution in [0.5, 0.6) is 0 Å². The van der Waals surface area contributed by atoms with Crippen molar-refractivity contribution in [2.45, 2.75) is 33.7 Å². The van der Waals surface area contributed by atoms with E-state index in [0.717, 1.165) is 17.7 Å². The first-order valence-electron chi connectivity index (χ1n) is 5.48. The fourth-order valence-electron chi connectivity index (χ4n) is 1.92. The lowest BCUT2D eigenvalue weighted by molar-refractivity contribution is 0.0875. The second-order valence-corrected chi connectivity index (χ2v) is 5.61. The van der Waals surface area contributed by atoms with Gasteiger partial charge >= 0.3 is 0 Å². The molecule has 1 aromatic heterocycles. The molecule has 0 saturated carbocycles. The van der Waals surface area contributed by atoms with Crippen molar-refractivity contribution < 1.29 is 4.79 Å². The van der Waals surface area contributed by atoms with Gasteiger partial charge in [-0.3, -0.25) is 4.79 Å². The molecule has 2 heterocycles. The zero-order valence-corrected chi connectivity index (χ0v) is 10.2. The van der Waals surface area contributed by atoms with E-state index in [9.17, 15) is 4.79 Å². The summed E-state index contributed by atoms with van der Waals surface area (Å²) in [4.78, 5) is 13.3. The van der Waals surface area contributed by atoms with Gasteiger partial charge in [-0.25, -0.2) is 0 Å². The van der Waals surface area contributed by atoms with E-state index in [1.165, 1.54) is 0 Å². The minimum atomic E-state index is -0.0233. The predicted octanol–water partition coefficient (Wildman–Crippen LogP) is 0.569. The van der Waals surface area contributed by atoms with E-state index in [1.807, 2.05) is 6.07 Å². The molecule has 84 valence electrons. The number of hydrogen-bond donors (Lipinski definition) is 0. The van der Waals surface area contributed by atoms with Gasteiger partial charge in [0.05, 0.1) is 5.69 Å². The molecule has 0 spiro atoms. The number of nitrogens with zero attached hydrogens (tertiary/aromatic N) is 3. The predicted molar refractivity (Wildman–Crippen MR) is 63.6 cm³/mol. The molecule has 1 aliphatic rings. The quantitative estimate of drug-likeness (QED) is 0.646. The van der Waals surface area contributed by atoms with Crippen molar-refractivity contribution in [3.05, 3.63) is 23.0 Å². The SMILES string of the molecule is BN1Cc2cc(CC(C)(C)C)nnc2C1=O. The second kappa shape index (κ2) is 3.58. The van der Waals surface area contributed by atoms with Crippen LogP contribution in [0.1, 0.15) is 42.5 Å². The van der Waals surface area contributed by atoms with Gasteiger partial charge < -0.3 is 4.81 Å². The standard InChI is InChI=1S/C11H16BN3O/c1-11(2,3)5-8-4-7-6-15(12)10(16)9(7)14-13-8/h4H,5-6,12H2,1-3H3. The summed E-state index contributed by atoms with van der Waals surface area (Å²) in [6, 6.07) is 2.01. The van der Waals surface area contributed by atoms with Crippen LogP contribution in [0.4, 0.5) is 0 Å². The van der Waals surface area contributed by atoms with E-state index in [2.05, 4.69) is 31.0 Å². The minimum Gasteiger partial charge on any atom is -0.384 e. The van der Waals surface area contributed by atoms with Gasteiger partial charge in [-0.05, 0) is 17.9 Å². The minimum absolute atomic E-state index is 0.0233. The summed E-state index contributed by atoms with van der Waals surface area (Å²) >= 11 is 0. The Morgan fingerprint density at radius 1 is 1.44 bits per heavy atom. The zero-order valence-electron chi connectivity index (χ0n) is 10.2. The Labute approximate surface area is 96.5 Å². The van der Waals surface area contributed by atoms with Crippen molar-refractivity contribution in [1.29, 1.82) is 0 Å². The Hall–Kier alpha value is -1.39. The summed E-state index contributed by atoms with van der Waals surface area (Å²) in [5.74, 6) is -0.0233. The van der Waals surface area contributed by atoms with Gasteiger partial charge in [-0.2, -0.15) is 5.10 Å². The third-order valence-electron chi connectivity index (χ3n) is 2.59. The highest BCUT2D eigenvalue weighted by Gasteiger charge is 2.26. The molecule has 5 heteroatoms. The summed E-state index contributed by atoms with van der Waals surface area (Å²) in [6.07, 6.45) is 0.880. The van der Waals surface area contributed by atoms with Crippen molar-refractivity contribution >= 4 is 13.9 Å². The molecule has 0 fully saturated rings. The molecule has 2 rings (SSSR count). The molecule has 0 radical (unpaired) electrons. The molecule has 1 aliphatic heterocycles. The third-order valence-corrected chi connectivity index (χ3v) is 2.59. The van der Waals surface area contributed by atoms with Crippen LogP contribution in [-0.2, 0) is 13.0 Å². The van der Waals surface area contributed by atoms with Crippen LogP contribution in [0.2, 0.25) is 0 Å². The van der Waals surface area contributed by atoms with Gasteiger partial charge in [0.1, 0.15) is 0 Å². The van der Waals surface area contributed by atoms with Gasteiger partial charge in [0.25, 0.3) is 5.91 Å². The van der Waals surface area contributed by atoms with E-state index in [1.54, 1.807) is 12.8 Å². The molecular formula is C11H16BN3O.